The second-order valence-corrected chi connectivity index (χ2v) is 2.50. The molecule has 3 nitrogen and oxygen atoms in total. The summed E-state index contributed by atoms with van der Waals surface area (Å²) in [6.45, 7) is 2.73. The normalized spacial score (nSPS) is 9.42. The molecule has 0 atom stereocenters. The molecule has 0 spiro atoms. The van der Waals surface area contributed by atoms with Crippen LogP contribution in [0.25, 0.3) is 0 Å². The van der Waals surface area contributed by atoms with Gasteiger partial charge < -0.3 is 5.32 Å². The van der Waals surface area contributed by atoms with Crippen LogP contribution in [0.3, 0.4) is 0 Å². The van der Waals surface area contributed by atoms with Crippen LogP contribution < -0.4 is 5.32 Å². The van der Waals surface area contributed by atoms with Crippen LogP contribution in [0.15, 0.2) is 24.5 Å². The van der Waals surface area contributed by atoms with Crippen LogP contribution in [0.4, 0.5) is 0 Å². The molecule has 0 aliphatic rings. The molecule has 0 bridgehead atoms. The predicted octanol–water partition coefficient (Wildman–Crippen LogP) is 1.22. The summed E-state index contributed by atoms with van der Waals surface area (Å²) in [5, 5.41) is 2.77. The largest absolute Gasteiger partial charge is 0.352 e. The SMILES string of the molecule is CCCNC(=O)c1cccnc1. The zero-order valence-corrected chi connectivity index (χ0v) is 7.08. The number of hydrogen-bond acceptors (Lipinski definition) is 2. The fraction of sp³-hybridized carbons (Fsp3) is 0.333. The van der Waals surface area contributed by atoms with E-state index < -0.39 is 0 Å². The Morgan fingerprint density at radius 2 is 2.50 bits per heavy atom. The highest BCUT2D eigenvalue weighted by molar-refractivity contribution is 5.93. The van der Waals surface area contributed by atoms with Crippen molar-refractivity contribution in [1.29, 1.82) is 0 Å². The number of nitrogens with one attached hydrogen (secondary N) is 1. The maximum absolute atomic E-state index is 11.3. The quantitative estimate of drug-likeness (QED) is 0.729. The van der Waals surface area contributed by atoms with Crippen molar-refractivity contribution in [3.05, 3.63) is 30.1 Å². The van der Waals surface area contributed by atoms with Crippen LogP contribution >= 0.6 is 0 Å². The van der Waals surface area contributed by atoms with Gasteiger partial charge in [0.15, 0.2) is 0 Å². The summed E-state index contributed by atoms with van der Waals surface area (Å²) in [6, 6.07) is 3.50. The summed E-state index contributed by atoms with van der Waals surface area (Å²) >= 11 is 0. The van der Waals surface area contributed by atoms with E-state index in [1.165, 1.54) is 0 Å². The van der Waals surface area contributed by atoms with Gasteiger partial charge in [-0.2, -0.15) is 0 Å². The molecule has 1 aromatic rings. The number of aromatic nitrogens is 1. The van der Waals surface area contributed by atoms with Gasteiger partial charge >= 0.3 is 0 Å². The number of amides is 1. The van der Waals surface area contributed by atoms with Crippen molar-refractivity contribution < 1.29 is 4.79 Å². The molecule has 0 saturated carbocycles. The van der Waals surface area contributed by atoms with Crippen molar-refractivity contribution >= 4 is 5.91 Å². The summed E-state index contributed by atoms with van der Waals surface area (Å²) in [5.41, 5.74) is 0.617. The molecule has 0 unspecified atom stereocenters. The van der Waals surface area contributed by atoms with E-state index in [0.29, 0.717) is 12.1 Å². The number of hydrogen-bond donors (Lipinski definition) is 1. The monoisotopic (exact) mass is 164 g/mol. The Kier molecular flexibility index (Phi) is 3.26. The van der Waals surface area contributed by atoms with Crippen molar-refractivity contribution in [1.82, 2.24) is 10.3 Å². The maximum atomic E-state index is 11.3. The van der Waals surface area contributed by atoms with E-state index in [4.69, 9.17) is 0 Å². The zero-order chi connectivity index (χ0) is 8.81. The molecule has 1 aromatic heterocycles. The molecule has 64 valence electrons. The lowest BCUT2D eigenvalue weighted by Gasteiger charge is -2.01. The third-order valence-corrected chi connectivity index (χ3v) is 1.46. The van der Waals surface area contributed by atoms with Gasteiger partial charge in [0.1, 0.15) is 0 Å². The third-order valence-electron chi connectivity index (χ3n) is 1.46. The van der Waals surface area contributed by atoms with Gasteiger partial charge in [0, 0.05) is 18.9 Å². The van der Waals surface area contributed by atoms with Gasteiger partial charge in [0.25, 0.3) is 5.91 Å². The van der Waals surface area contributed by atoms with E-state index >= 15 is 0 Å². The number of carbonyl (C=O) groups is 1. The predicted molar refractivity (Wildman–Crippen MR) is 46.9 cm³/mol. The van der Waals surface area contributed by atoms with Crippen LogP contribution in [0.5, 0.6) is 0 Å². The van der Waals surface area contributed by atoms with E-state index in [9.17, 15) is 4.79 Å². The summed E-state index contributed by atoms with van der Waals surface area (Å²) in [5.74, 6) is -0.0510. The average molecular weight is 164 g/mol. The number of nitrogens with zero attached hydrogens (tertiary/aromatic N) is 1. The molecule has 0 aliphatic carbocycles. The van der Waals surface area contributed by atoms with Crippen LogP contribution in [-0.2, 0) is 0 Å². The molecular weight excluding hydrogens is 152 g/mol. The van der Waals surface area contributed by atoms with Crippen LogP contribution in [0, 0.1) is 0 Å². The number of pyridine rings is 1. The first-order chi connectivity index (χ1) is 5.84. The molecule has 0 aromatic carbocycles. The van der Waals surface area contributed by atoms with Gasteiger partial charge in [0.05, 0.1) is 5.56 Å². The summed E-state index contributed by atoms with van der Waals surface area (Å²) in [4.78, 5) is 15.1. The first-order valence-corrected chi connectivity index (χ1v) is 4.03. The molecule has 0 saturated heterocycles. The van der Waals surface area contributed by atoms with E-state index in [0.717, 1.165) is 6.42 Å². The van der Waals surface area contributed by atoms with Crippen molar-refractivity contribution in [2.45, 2.75) is 13.3 Å². The lowest BCUT2D eigenvalue weighted by atomic mass is 10.3. The van der Waals surface area contributed by atoms with E-state index in [2.05, 4.69) is 10.3 Å². The fourth-order valence-electron chi connectivity index (χ4n) is 0.838. The third kappa shape index (κ3) is 2.34. The van der Waals surface area contributed by atoms with E-state index in [-0.39, 0.29) is 5.91 Å². The molecule has 0 aliphatic heterocycles. The Morgan fingerprint density at radius 3 is 3.08 bits per heavy atom. The molecular formula is C9H12N2O. The Labute approximate surface area is 71.8 Å². The topological polar surface area (TPSA) is 42.0 Å². The molecule has 12 heavy (non-hydrogen) atoms. The highest BCUT2D eigenvalue weighted by Crippen LogP contribution is 1.94. The number of rotatable bonds is 3. The smallest absolute Gasteiger partial charge is 0.252 e. The van der Waals surface area contributed by atoms with Crippen LogP contribution in [-0.4, -0.2) is 17.4 Å². The molecule has 0 radical (unpaired) electrons. The summed E-state index contributed by atoms with van der Waals surface area (Å²) in [7, 11) is 0. The van der Waals surface area contributed by atoms with Crippen molar-refractivity contribution in [2.75, 3.05) is 6.54 Å². The van der Waals surface area contributed by atoms with Crippen molar-refractivity contribution in [3.63, 3.8) is 0 Å². The highest BCUT2D eigenvalue weighted by atomic mass is 16.1. The zero-order valence-electron chi connectivity index (χ0n) is 7.08. The standard InChI is InChI=1S/C9H12N2O/c1-2-5-11-9(12)8-4-3-6-10-7-8/h3-4,6-7H,2,5H2,1H3,(H,11,12). The Morgan fingerprint density at radius 1 is 1.67 bits per heavy atom. The first-order valence-electron chi connectivity index (χ1n) is 4.03. The lowest BCUT2D eigenvalue weighted by Crippen LogP contribution is -2.23. The molecule has 1 rings (SSSR count). The fourth-order valence-corrected chi connectivity index (χ4v) is 0.838. The molecule has 3 heteroatoms. The highest BCUT2D eigenvalue weighted by Gasteiger charge is 2.01. The molecule has 1 heterocycles. The van der Waals surface area contributed by atoms with Gasteiger partial charge in [0.2, 0.25) is 0 Å². The van der Waals surface area contributed by atoms with Gasteiger partial charge in [-0.3, -0.25) is 9.78 Å². The van der Waals surface area contributed by atoms with Crippen molar-refractivity contribution in [3.8, 4) is 0 Å². The Bertz CT molecular complexity index is 246. The van der Waals surface area contributed by atoms with Gasteiger partial charge in [-0.1, -0.05) is 6.92 Å². The van der Waals surface area contributed by atoms with E-state index in [1.807, 2.05) is 6.92 Å². The summed E-state index contributed by atoms with van der Waals surface area (Å²) in [6.07, 6.45) is 4.16. The Hall–Kier alpha value is -1.38. The molecule has 1 amide bonds. The van der Waals surface area contributed by atoms with E-state index in [1.54, 1.807) is 24.5 Å². The maximum Gasteiger partial charge on any atom is 0.252 e. The minimum absolute atomic E-state index is 0.0510. The summed E-state index contributed by atoms with van der Waals surface area (Å²) < 4.78 is 0. The van der Waals surface area contributed by atoms with Crippen molar-refractivity contribution in [2.24, 2.45) is 0 Å². The van der Waals surface area contributed by atoms with Crippen LogP contribution in [0.1, 0.15) is 23.7 Å². The first kappa shape index (κ1) is 8.71. The number of carbonyl (C=O) groups excluding carboxylic acids is 1. The van der Waals surface area contributed by atoms with Gasteiger partial charge in [-0.15, -0.1) is 0 Å². The lowest BCUT2D eigenvalue weighted by molar-refractivity contribution is 0.0953. The minimum atomic E-state index is -0.0510. The Balaban J connectivity index is 2.54. The molecule has 1 N–H and O–H groups in total. The van der Waals surface area contributed by atoms with Gasteiger partial charge in [-0.05, 0) is 18.6 Å². The molecule has 0 fully saturated rings. The average Bonchev–Trinajstić information content (AvgIpc) is 2.15. The second-order valence-electron chi connectivity index (χ2n) is 2.50. The van der Waals surface area contributed by atoms with Crippen LogP contribution in [0.2, 0.25) is 0 Å². The van der Waals surface area contributed by atoms with Gasteiger partial charge in [-0.25, -0.2) is 0 Å². The second kappa shape index (κ2) is 4.49. The minimum Gasteiger partial charge on any atom is -0.352 e.